The lowest BCUT2D eigenvalue weighted by Gasteiger charge is -2.23. The molecule has 4 nitrogen and oxygen atoms in total. The van der Waals surface area contributed by atoms with Crippen molar-refractivity contribution in [2.75, 3.05) is 6.67 Å². The summed E-state index contributed by atoms with van der Waals surface area (Å²) in [6, 6.07) is 8.18. The number of hydrogen-bond donors (Lipinski definition) is 2. The van der Waals surface area contributed by atoms with Crippen LogP contribution in [-0.4, -0.2) is 29.3 Å². The Morgan fingerprint density at radius 1 is 0.667 bits per heavy atom. The first-order valence-electron chi connectivity index (χ1n) is 11.9. The van der Waals surface area contributed by atoms with E-state index in [4.69, 9.17) is 0 Å². The lowest BCUT2D eigenvalue weighted by molar-refractivity contribution is 0.461. The van der Waals surface area contributed by atoms with E-state index in [2.05, 4.69) is 91.4 Å². The van der Waals surface area contributed by atoms with E-state index >= 15 is 0 Å². The van der Waals surface area contributed by atoms with Crippen LogP contribution < -0.4 is 0 Å². The maximum atomic E-state index is 10.7. The minimum Gasteiger partial charge on any atom is -0.507 e. The third-order valence-corrected chi connectivity index (χ3v) is 5.94. The van der Waals surface area contributed by atoms with E-state index in [9.17, 15) is 10.2 Å². The molecule has 0 amide bonds. The molecule has 0 aromatic heterocycles. The van der Waals surface area contributed by atoms with Crippen LogP contribution in [-0.2, 0) is 10.8 Å². The maximum Gasteiger partial charge on any atom is 0.129 e. The van der Waals surface area contributed by atoms with Crippen molar-refractivity contribution in [1.82, 2.24) is 0 Å². The highest BCUT2D eigenvalue weighted by molar-refractivity contribution is 5.86. The van der Waals surface area contributed by atoms with Gasteiger partial charge in [0, 0.05) is 23.6 Å². The Hall–Kier alpha value is -2.62. The van der Waals surface area contributed by atoms with Gasteiger partial charge in [-0.1, -0.05) is 81.4 Å². The average Bonchev–Trinajstić information content (AvgIpc) is 2.67. The molecule has 180 valence electrons. The van der Waals surface area contributed by atoms with E-state index in [0.29, 0.717) is 11.1 Å². The molecular formula is C29H42N2O2. The topological polar surface area (TPSA) is 65.2 Å². The minimum absolute atomic E-state index is 0.0260. The van der Waals surface area contributed by atoms with Crippen LogP contribution in [0.1, 0.15) is 114 Å². The standard InChI is InChI=1S/C29H42N2O2/c1-18(2)24-13-22(28(5,6)7)11-20(26(24)32)15-30-17-31-16-21-12-23(29(8,9)10)14-25(19(3)4)27(21)33/h11-16,18-19,32-33H,17H2,1-10H3. The summed E-state index contributed by atoms with van der Waals surface area (Å²) in [5.41, 5.74) is 5.55. The fourth-order valence-corrected chi connectivity index (χ4v) is 3.63. The van der Waals surface area contributed by atoms with Gasteiger partial charge in [0.2, 0.25) is 0 Å². The van der Waals surface area contributed by atoms with E-state index < -0.39 is 0 Å². The second-order valence-electron chi connectivity index (χ2n) is 11.6. The molecule has 0 bridgehead atoms. The van der Waals surface area contributed by atoms with Crippen LogP contribution >= 0.6 is 0 Å². The third kappa shape index (κ3) is 6.69. The largest absolute Gasteiger partial charge is 0.507 e. The van der Waals surface area contributed by atoms with Gasteiger partial charge in [-0.2, -0.15) is 0 Å². The molecule has 0 saturated carbocycles. The predicted molar refractivity (Wildman–Crippen MR) is 142 cm³/mol. The molecule has 0 radical (unpaired) electrons. The average molecular weight is 451 g/mol. The fraction of sp³-hybridized carbons (Fsp3) is 0.517. The van der Waals surface area contributed by atoms with E-state index in [1.165, 1.54) is 11.1 Å². The second-order valence-corrected chi connectivity index (χ2v) is 11.6. The van der Waals surface area contributed by atoms with Crippen LogP contribution in [0.15, 0.2) is 34.3 Å². The van der Waals surface area contributed by atoms with Crippen LogP contribution in [0.3, 0.4) is 0 Å². The second kappa shape index (κ2) is 10.1. The van der Waals surface area contributed by atoms with Crippen LogP contribution in [0.25, 0.3) is 0 Å². The van der Waals surface area contributed by atoms with Gasteiger partial charge in [-0.3, -0.25) is 9.98 Å². The molecule has 2 aromatic carbocycles. The summed E-state index contributed by atoms with van der Waals surface area (Å²) in [7, 11) is 0. The van der Waals surface area contributed by atoms with E-state index in [1.54, 1.807) is 12.4 Å². The number of phenolic OH excluding ortho intramolecular Hbond substituents is 2. The summed E-state index contributed by atoms with van der Waals surface area (Å²) >= 11 is 0. The summed E-state index contributed by atoms with van der Waals surface area (Å²) < 4.78 is 0. The normalized spacial score (nSPS) is 13.2. The zero-order valence-electron chi connectivity index (χ0n) is 22.1. The molecule has 0 heterocycles. The van der Waals surface area contributed by atoms with E-state index in [0.717, 1.165) is 11.1 Å². The summed E-state index contributed by atoms with van der Waals surface area (Å²) in [6.45, 7) is 21.5. The number of aliphatic imine (C=N–C) groups is 2. The van der Waals surface area contributed by atoms with Gasteiger partial charge in [-0.05, 0) is 57.1 Å². The number of nitrogens with zero attached hydrogens (tertiary/aromatic N) is 2. The minimum atomic E-state index is -0.0260. The monoisotopic (exact) mass is 450 g/mol. The Morgan fingerprint density at radius 2 is 1.00 bits per heavy atom. The highest BCUT2D eigenvalue weighted by Gasteiger charge is 2.20. The smallest absolute Gasteiger partial charge is 0.129 e. The molecule has 4 heteroatoms. The molecule has 0 aliphatic heterocycles. The number of aromatic hydroxyl groups is 2. The first-order chi connectivity index (χ1) is 15.1. The van der Waals surface area contributed by atoms with Gasteiger partial charge in [0.15, 0.2) is 0 Å². The van der Waals surface area contributed by atoms with Gasteiger partial charge in [-0.15, -0.1) is 0 Å². The molecule has 0 atom stereocenters. The maximum absolute atomic E-state index is 10.7. The fourth-order valence-electron chi connectivity index (χ4n) is 3.63. The van der Waals surface area contributed by atoms with Gasteiger partial charge in [0.05, 0.1) is 0 Å². The van der Waals surface area contributed by atoms with Gasteiger partial charge < -0.3 is 10.2 Å². The van der Waals surface area contributed by atoms with Crippen molar-refractivity contribution in [3.8, 4) is 11.5 Å². The molecule has 2 aromatic rings. The Balaban J connectivity index is 2.32. The Morgan fingerprint density at radius 3 is 1.27 bits per heavy atom. The first kappa shape index (κ1) is 26.6. The van der Waals surface area contributed by atoms with Crippen molar-refractivity contribution >= 4 is 12.4 Å². The highest BCUT2D eigenvalue weighted by Crippen LogP contribution is 2.35. The quantitative estimate of drug-likeness (QED) is 0.449. The van der Waals surface area contributed by atoms with Gasteiger partial charge in [-0.25, -0.2) is 0 Å². The van der Waals surface area contributed by atoms with Crippen molar-refractivity contribution in [3.63, 3.8) is 0 Å². The van der Waals surface area contributed by atoms with Crippen LogP contribution in [0, 0.1) is 0 Å². The molecule has 2 rings (SSSR count). The predicted octanol–water partition coefficient (Wildman–Crippen LogP) is 7.44. The number of phenols is 2. The number of rotatable bonds is 6. The lowest BCUT2D eigenvalue weighted by atomic mass is 9.83. The molecule has 0 saturated heterocycles. The van der Waals surface area contributed by atoms with Crippen molar-refractivity contribution in [2.24, 2.45) is 9.98 Å². The molecule has 0 spiro atoms. The molecule has 33 heavy (non-hydrogen) atoms. The molecule has 0 unspecified atom stereocenters. The lowest BCUT2D eigenvalue weighted by Crippen LogP contribution is -2.13. The first-order valence-corrected chi connectivity index (χ1v) is 11.9. The summed E-state index contributed by atoms with van der Waals surface area (Å²) in [5, 5.41) is 21.5. The molecule has 2 N–H and O–H groups in total. The van der Waals surface area contributed by atoms with Crippen molar-refractivity contribution in [3.05, 3.63) is 57.6 Å². The zero-order valence-corrected chi connectivity index (χ0v) is 22.1. The SMILES string of the molecule is CC(C)c1cc(C(C)(C)C)cc(C=NCN=Cc2cc(C(C)(C)C)cc(C(C)C)c2O)c1O. The van der Waals surface area contributed by atoms with E-state index in [1.807, 2.05) is 12.1 Å². The highest BCUT2D eigenvalue weighted by atomic mass is 16.3. The number of hydrogen-bond acceptors (Lipinski definition) is 4. The zero-order chi connectivity index (χ0) is 25.1. The Kier molecular flexibility index (Phi) is 8.16. The Labute approximate surface area is 200 Å². The molecule has 0 fully saturated rings. The van der Waals surface area contributed by atoms with Crippen molar-refractivity contribution in [2.45, 2.75) is 91.9 Å². The summed E-state index contributed by atoms with van der Waals surface area (Å²) in [4.78, 5) is 8.87. The molecule has 0 aliphatic rings. The van der Waals surface area contributed by atoms with Crippen molar-refractivity contribution in [1.29, 1.82) is 0 Å². The molecular weight excluding hydrogens is 408 g/mol. The van der Waals surface area contributed by atoms with Gasteiger partial charge >= 0.3 is 0 Å². The van der Waals surface area contributed by atoms with Crippen LogP contribution in [0.2, 0.25) is 0 Å². The summed E-state index contributed by atoms with van der Waals surface area (Å²) in [6.07, 6.45) is 3.39. The van der Waals surface area contributed by atoms with Gasteiger partial charge in [0.25, 0.3) is 0 Å². The van der Waals surface area contributed by atoms with Crippen LogP contribution in [0.5, 0.6) is 11.5 Å². The summed E-state index contributed by atoms with van der Waals surface area (Å²) in [5.74, 6) is 0.988. The third-order valence-electron chi connectivity index (χ3n) is 5.94. The molecule has 0 aliphatic carbocycles. The van der Waals surface area contributed by atoms with Crippen molar-refractivity contribution < 1.29 is 10.2 Å². The van der Waals surface area contributed by atoms with Gasteiger partial charge in [0.1, 0.15) is 18.2 Å². The Bertz CT molecular complexity index is 950. The van der Waals surface area contributed by atoms with E-state index in [-0.39, 0.29) is 40.8 Å². The number of benzene rings is 2. The van der Waals surface area contributed by atoms with Crippen LogP contribution in [0.4, 0.5) is 0 Å².